The molecule has 1 unspecified atom stereocenters. The van der Waals surface area contributed by atoms with Gasteiger partial charge in [-0.15, -0.1) is 0 Å². The Balaban J connectivity index is 1.31. The second kappa shape index (κ2) is 5.60. The molecule has 0 radical (unpaired) electrons. The van der Waals surface area contributed by atoms with Gasteiger partial charge < -0.3 is 10.2 Å². The van der Waals surface area contributed by atoms with Crippen LogP contribution in [0.2, 0.25) is 0 Å². The Labute approximate surface area is 142 Å². The SMILES string of the molecule is CC(C)C(=O)NC1CC12CCN(C(=O)c1cc(C3CC3)[nH]n1)CC2. The number of nitrogens with zero attached hydrogens (tertiary/aromatic N) is 2. The number of amides is 2. The van der Waals surface area contributed by atoms with Crippen molar-refractivity contribution >= 4 is 11.8 Å². The monoisotopic (exact) mass is 330 g/mol. The molecule has 1 saturated heterocycles. The number of hydrogen-bond donors (Lipinski definition) is 2. The fourth-order valence-corrected chi connectivity index (χ4v) is 3.81. The van der Waals surface area contributed by atoms with Gasteiger partial charge in [-0.2, -0.15) is 5.10 Å². The van der Waals surface area contributed by atoms with E-state index in [2.05, 4.69) is 15.5 Å². The van der Waals surface area contributed by atoms with E-state index >= 15 is 0 Å². The van der Waals surface area contributed by atoms with Crippen LogP contribution in [-0.4, -0.2) is 46.0 Å². The largest absolute Gasteiger partial charge is 0.353 e. The highest BCUT2D eigenvalue weighted by molar-refractivity contribution is 5.92. The number of hydrogen-bond acceptors (Lipinski definition) is 3. The van der Waals surface area contributed by atoms with Crippen molar-refractivity contribution in [1.82, 2.24) is 20.4 Å². The number of carbonyl (C=O) groups excluding carboxylic acids is 2. The van der Waals surface area contributed by atoms with Gasteiger partial charge in [0, 0.05) is 36.7 Å². The van der Waals surface area contributed by atoms with Crippen molar-refractivity contribution in [3.8, 4) is 0 Å². The summed E-state index contributed by atoms with van der Waals surface area (Å²) in [5.74, 6) is 0.793. The van der Waals surface area contributed by atoms with E-state index in [0.717, 1.165) is 38.0 Å². The van der Waals surface area contributed by atoms with Gasteiger partial charge >= 0.3 is 0 Å². The Morgan fingerprint density at radius 3 is 2.67 bits per heavy atom. The van der Waals surface area contributed by atoms with Crippen LogP contribution in [-0.2, 0) is 4.79 Å². The molecule has 1 aromatic rings. The molecule has 6 nitrogen and oxygen atoms in total. The van der Waals surface area contributed by atoms with E-state index in [9.17, 15) is 9.59 Å². The molecule has 2 amide bonds. The minimum absolute atomic E-state index is 0.0321. The van der Waals surface area contributed by atoms with Crippen molar-refractivity contribution in [1.29, 1.82) is 0 Å². The summed E-state index contributed by atoms with van der Waals surface area (Å²) >= 11 is 0. The van der Waals surface area contributed by atoms with E-state index in [1.807, 2.05) is 24.8 Å². The van der Waals surface area contributed by atoms with Gasteiger partial charge in [-0.25, -0.2) is 0 Å². The van der Waals surface area contributed by atoms with Gasteiger partial charge in [-0.3, -0.25) is 14.7 Å². The third-order valence-corrected chi connectivity index (χ3v) is 5.91. The number of aromatic amines is 1. The molecule has 2 heterocycles. The number of likely N-dealkylation sites (tertiary alicyclic amines) is 1. The van der Waals surface area contributed by atoms with E-state index in [4.69, 9.17) is 0 Å². The Morgan fingerprint density at radius 1 is 1.33 bits per heavy atom. The molecule has 3 aliphatic rings. The fraction of sp³-hybridized carbons (Fsp3) is 0.722. The van der Waals surface area contributed by atoms with Crippen molar-refractivity contribution in [3.63, 3.8) is 0 Å². The molecule has 2 aliphatic carbocycles. The van der Waals surface area contributed by atoms with Crippen LogP contribution in [0.15, 0.2) is 6.07 Å². The lowest BCUT2D eigenvalue weighted by atomic mass is 9.92. The molecule has 1 aliphatic heterocycles. The lowest BCUT2D eigenvalue weighted by Gasteiger charge is -2.32. The zero-order valence-corrected chi connectivity index (χ0v) is 14.5. The first-order valence-corrected chi connectivity index (χ1v) is 9.13. The summed E-state index contributed by atoms with van der Waals surface area (Å²) in [6.45, 7) is 5.37. The summed E-state index contributed by atoms with van der Waals surface area (Å²) in [5, 5.41) is 10.4. The molecule has 1 spiro atoms. The van der Waals surface area contributed by atoms with Crippen LogP contribution in [0.25, 0.3) is 0 Å². The minimum atomic E-state index is 0.0321. The van der Waals surface area contributed by atoms with Gasteiger partial charge in [-0.1, -0.05) is 13.8 Å². The van der Waals surface area contributed by atoms with Crippen LogP contribution >= 0.6 is 0 Å². The molecule has 2 N–H and O–H groups in total. The van der Waals surface area contributed by atoms with Crippen LogP contribution in [0.5, 0.6) is 0 Å². The molecule has 1 aromatic heterocycles. The molecular weight excluding hydrogens is 304 g/mol. The predicted octanol–water partition coefficient (Wildman–Crippen LogP) is 2.05. The highest BCUT2D eigenvalue weighted by atomic mass is 16.2. The van der Waals surface area contributed by atoms with Gasteiger partial charge in [0.15, 0.2) is 0 Å². The zero-order valence-electron chi connectivity index (χ0n) is 14.5. The first kappa shape index (κ1) is 15.7. The van der Waals surface area contributed by atoms with Crippen molar-refractivity contribution in [2.45, 2.75) is 57.9 Å². The lowest BCUT2D eigenvalue weighted by molar-refractivity contribution is -0.124. The van der Waals surface area contributed by atoms with Crippen LogP contribution in [0.4, 0.5) is 0 Å². The molecule has 0 bridgehead atoms. The van der Waals surface area contributed by atoms with Crippen LogP contribution in [0.3, 0.4) is 0 Å². The maximum Gasteiger partial charge on any atom is 0.274 e. The van der Waals surface area contributed by atoms with Crippen molar-refractivity contribution in [2.75, 3.05) is 13.1 Å². The molecule has 6 heteroatoms. The number of nitrogens with one attached hydrogen (secondary N) is 2. The highest BCUT2D eigenvalue weighted by Crippen LogP contribution is 2.54. The van der Waals surface area contributed by atoms with E-state index in [1.165, 1.54) is 12.8 Å². The van der Waals surface area contributed by atoms with E-state index in [-0.39, 0.29) is 23.1 Å². The van der Waals surface area contributed by atoms with Crippen LogP contribution in [0.1, 0.15) is 68.1 Å². The van der Waals surface area contributed by atoms with Gasteiger partial charge in [-0.05, 0) is 43.6 Å². The summed E-state index contributed by atoms with van der Waals surface area (Å²) in [5.41, 5.74) is 1.88. The summed E-state index contributed by atoms with van der Waals surface area (Å²) < 4.78 is 0. The number of carbonyl (C=O) groups is 2. The molecule has 4 rings (SSSR count). The normalized spacial score (nSPS) is 25.1. The fourth-order valence-electron chi connectivity index (χ4n) is 3.81. The Kier molecular flexibility index (Phi) is 3.66. The van der Waals surface area contributed by atoms with Gasteiger partial charge in [0.05, 0.1) is 0 Å². The lowest BCUT2D eigenvalue weighted by Crippen LogP contribution is -2.42. The second-order valence-electron chi connectivity index (χ2n) is 8.06. The molecule has 1 atom stereocenters. The standard InChI is InChI=1S/C18H26N4O2/c1-11(2)16(23)19-15-10-18(15)5-7-22(8-6-18)17(24)14-9-13(20-21-14)12-3-4-12/h9,11-12,15H,3-8,10H2,1-2H3,(H,19,23)(H,20,21). The van der Waals surface area contributed by atoms with Gasteiger partial charge in [0.2, 0.25) is 5.91 Å². The third kappa shape index (κ3) is 2.82. The van der Waals surface area contributed by atoms with E-state index < -0.39 is 0 Å². The molecule has 3 fully saturated rings. The Morgan fingerprint density at radius 2 is 2.04 bits per heavy atom. The zero-order chi connectivity index (χ0) is 16.9. The summed E-state index contributed by atoms with van der Waals surface area (Å²) in [4.78, 5) is 26.4. The van der Waals surface area contributed by atoms with E-state index in [1.54, 1.807) is 0 Å². The van der Waals surface area contributed by atoms with Crippen LogP contribution in [0, 0.1) is 11.3 Å². The summed E-state index contributed by atoms with van der Waals surface area (Å²) in [6, 6.07) is 2.23. The maximum atomic E-state index is 12.6. The Hall–Kier alpha value is -1.85. The molecular formula is C18H26N4O2. The van der Waals surface area contributed by atoms with Crippen molar-refractivity contribution in [3.05, 3.63) is 17.5 Å². The van der Waals surface area contributed by atoms with Crippen LogP contribution < -0.4 is 5.32 Å². The smallest absolute Gasteiger partial charge is 0.274 e. The first-order valence-electron chi connectivity index (χ1n) is 9.13. The summed E-state index contributed by atoms with van der Waals surface area (Å²) in [7, 11) is 0. The number of H-pyrrole nitrogens is 1. The van der Waals surface area contributed by atoms with Gasteiger partial charge in [0.25, 0.3) is 5.91 Å². The number of rotatable bonds is 4. The third-order valence-electron chi connectivity index (χ3n) is 5.91. The van der Waals surface area contributed by atoms with Gasteiger partial charge in [0.1, 0.15) is 5.69 Å². The highest BCUT2D eigenvalue weighted by Gasteiger charge is 2.56. The summed E-state index contributed by atoms with van der Waals surface area (Å²) in [6.07, 6.45) is 5.40. The quantitative estimate of drug-likeness (QED) is 0.887. The Bertz CT molecular complexity index is 654. The minimum Gasteiger partial charge on any atom is -0.353 e. The average molecular weight is 330 g/mol. The molecule has 2 saturated carbocycles. The first-order chi connectivity index (χ1) is 11.5. The predicted molar refractivity (Wildman–Crippen MR) is 89.5 cm³/mol. The van der Waals surface area contributed by atoms with E-state index in [0.29, 0.717) is 17.7 Å². The molecule has 130 valence electrons. The number of aromatic nitrogens is 2. The molecule has 0 aromatic carbocycles. The topological polar surface area (TPSA) is 78.1 Å². The molecule has 24 heavy (non-hydrogen) atoms. The average Bonchev–Trinajstić information content (AvgIpc) is 3.47. The van der Waals surface area contributed by atoms with Crippen molar-refractivity contribution < 1.29 is 9.59 Å². The number of piperidine rings is 1. The van der Waals surface area contributed by atoms with Crippen molar-refractivity contribution in [2.24, 2.45) is 11.3 Å². The maximum absolute atomic E-state index is 12.6. The second-order valence-corrected chi connectivity index (χ2v) is 8.06.